The van der Waals surface area contributed by atoms with Crippen molar-refractivity contribution < 1.29 is 22.6 Å². The number of benzene rings is 1. The average Bonchev–Trinajstić information content (AvgIpc) is 2.73. The van der Waals surface area contributed by atoms with E-state index in [1.807, 2.05) is 0 Å². The molecule has 22 heavy (non-hydrogen) atoms. The number of piperidine rings is 1. The molecular formula is C16H20F3NO2. The molecule has 0 aromatic heterocycles. The molecule has 6 heteroatoms. The van der Waals surface area contributed by atoms with Crippen molar-refractivity contribution in [2.75, 3.05) is 19.8 Å². The Kier molecular flexibility index (Phi) is 4.47. The predicted octanol–water partition coefficient (Wildman–Crippen LogP) is 3.55. The van der Waals surface area contributed by atoms with Gasteiger partial charge in [0.25, 0.3) is 0 Å². The molecule has 0 aliphatic carbocycles. The number of rotatable bonds is 2. The van der Waals surface area contributed by atoms with E-state index < -0.39 is 11.7 Å². The lowest BCUT2D eigenvalue weighted by Gasteiger charge is -2.25. The van der Waals surface area contributed by atoms with Crippen LogP contribution in [0.3, 0.4) is 0 Å². The molecule has 1 fully saturated rings. The van der Waals surface area contributed by atoms with Crippen LogP contribution in [0.25, 0.3) is 0 Å². The molecule has 2 aliphatic heterocycles. The summed E-state index contributed by atoms with van der Waals surface area (Å²) in [6.45, 7) is 1.60. The van der Waals surface area contributed by atoms with Crippen LogP contribution in [0, 0.1) is 0 Å². The van der Waals surface area contributed by atoms with Gasteiger partial charge in [0, 0.05) is 12.5 Å². The predicted molar refractivity (Wildman–Crippen MR) is 76.4 cm³/mol. The molecule has 1 aromatic rings. The van der Waals surface area contributed by atoms with Gasteiger partial charge in [0.2, 0.25) is 0 Å². The first kappa shape index (κ1) is 15.5. The second-order valence-corrected chi connectivity index (χ2v) is 5.83. The van der Waals surface area contributed by atoms with Gasteiger partial charge in [-0.3, -0.25) is 0 Å². The Bertz CT molecular complexity index is 525. The molecule has 2 aliphatic rings. The van der Waals surface area contributed by atoms with E-state index in [2.05, 4.69) is 5.32 Å². The van der Waals surface area contributed by atoms with Gasteiger partial charge < -0.3 is 14.8 Å². The van der Waals surface area contributed by atoms with E-state index in [4.69, 9.17) is 9.47 Å². The van der Waals surface area contributed by atoms with Gasteiger partial charge in [-0.1, -0.05) is 12.5 Å². The molecule has 3 rings (SSSR count). The third-order valence-corrected chi connectivity index (χ3v) is 4.16. The highest BCUT2D eigenvalue weighted by Crippen LogP contribution is 2.44. The first-order valence-corrected chi connectivity index (χ1v) is 7.78. The summed E-state index contributed by atoms with van der Waals surface area (Å²) in [5, 5.41) is 3.42. The number of hydrogen-bond acceptors (Lipinski definition) is 3. The van der Waals surface area contributed by atoms with E-state index >= 15 is 0 Å². The molecule has 3 nitrogen and oxygen atoms in total. The van der Waals surface area contributed by atoms with Gasteiger partial charge in [-0.15, -0.1) is 0 Å². The van der Waals surface area contributed by atoms with Crippen LogP contribution in [0.1, 0.15) is 36.8 Å². The molecule has 0 saturated carbocycles. The van der Waals surface area contributed by atoms with Crippen LogP contribution in [0.2, 0.25) is 0 Å². The Morgan fingerprint density at radius 3 is 2.50 bits per heavy atom. The molecule has 0 amide bonds. The summed E-state index contributed by atoms with van der Waals surface area (Å²) in [4.78, 5) is 0. The summed E-state index contributed by atoms with van der Waals surface area (Å²) in [7, 11) is 0. The van der Waals surface area contributed by atoms with E-state index in [-0.39, 0.29) is 18.1 Å². The van der Waals surface area contributed by atoms with Gasteiger partial charge in [0.1, 0.15) is 5.56 Å². The minimum Gasteiger partial charge on any atom is -0.489 e. The SMILES string of the molecule is FC(F)(F)c1ccc(CC2CCCCN2)c2c1OCCCO2. The Labute approximate surface area is 127 Å². The van der Waals surface area contributed by atoms with Crippen LogP contribution in [0.5, 0.6) is 11.5 Å². The van der Waals surface area contributed by atoms with Crippen LogP contribution < -0.4 is 14.8 Å². The summed E-state index contributed by atoms with van der Waals surface area (Å²) in [5.41, 5.74) is 0.0500. The van der Waals surface area contributed by atoms with Gasteiger partial charge >= 0.3 is 6.18 Å². The van der Waals surface area contributed by atoms with Crippen molar-refractivity contribution in [1.82, 2.24) is 5.32 Å². The monoisotopic (exact) mass is 315 g/mol. The molecule has 1 atom stereocenters. The molecule has 1 unspecified atom stereocenters. The third-order valence-electron chi connectivity index (χ3n) is 4.16. The van der Waals surface area contributed by atoms with Gasteiger partial charge in [0.15, 0.2) is 11.5 Å². The van der Waals surface area contributed by atoms with Gasteiger partial charge in [0.05, 0.1) is 13.2 Å². The van der Waals surface area contributed by atoms with Crippen molar-refractivity contribution in [3.63, 3.8) is 0 Å². The first-order chi connectivity index (χ1) is 10.6. The molecule has 2 heterocycles. The van der Waals surface area contributed by atoms with E-state index in [1.54, 1.807) is 0 Å². The summed E-state index contributed by atoms with van der Waals surface area (Å²) in [6, 6.07) is 2.94. The highest BCUT2D eigenvalue weighted by atomic mass is 19.4. The van der Waals surface area contributed by atoms with E-state index in [0.29, 0.717) is 25.5 Å². The number of hydrogen-bond donors (Lipinski definition) is 1. The largest absolute Gasteiger partial charge is 0.489 e. The van der Waals surface area contributed by atoms with E-state index in [0.717, 1.165) is 37.4 Å². The quantitative estimate of drug-likeness (QED) is 0.905. The van der Waals surface area contributed by atoms with Crippen LogP contribution in [0.4, 0.5) is 13.2 Å². The summed E-state index contributed by atoms with van der Waals surface area (Å²) in [5.74, 6) is 0.137. The fourth-order valence-electron chi connectivity index (χ4n) is 3.06. The smallest absolute Gasteiger partial charge is 0.420 e. The van der Waals surface area contributed by atoms with Crippen molar-refractivity contribution in [2.24, 2.45) is 0 Å². The maximum absolute atomic E-state index is 13.2. The number of ether oxygens (including phenoxy) is 2. The van der Waals surface area contributed by atoms with Crippen molar-refractivity contribution in [2.45, 2.75) is 44.3 Å². The molecule has 0 bridgehead atoms. The topological polar surface area (TPSA) is 30.5 Å². The van der Waals surface area contributed by atoms with E-state index in [1.165, 1.54) is 6.07 Å². The second-order valence-electron chi connectivity index (χ2n) is 5.83. The lowest BCUT2D eigenvalue weighted by atomic mass is 9.96. The Balaban J connectivity index is 1.93. The highest BCUT2D eigenvalue weighted by Gasteiger charge is 2.37. The van der Waals surface area contributed by atoms with Crippen LogP contribution in [0.15, 0.2) is 12.1 Å². The Morgan fingerprint density at radius 1 is 1.05 bits per heavy atom. The van der Waals surface area contributed by atoms with Crippen molar-refractivity contribution in [1.29, 1.82) is 0 Å². The fraction of sp³-hybridized carbons (Fsp3) is 0.625. The van der Waals surface area contributed by atoms with Crippen LogP contribution in [-0.2, 0) is 12.6 Å². The zero-order valence-corrected chi connectivity index (χ0v) is 12.3. The third kappa shape index (κ3) is 3.32. The van der Waals surface area contributed by atoms with Crippen LogP contribution >= 0.6 is 0 Å². The van der Waals surface area contributed by atoms with E-state index in [9.17, 15) is 13.2 Å². The number of fused-ring (bicyclic) bond motifs is 1. The lowest BCUT2D eigenvalue weighted by Crippen LogP contribution is -2.35. The average molecular weight is 315 g/mol. The number of halogens is 3. The summed E-state index contributed by atoms with van der Waals surface area (Å²) < 4.78 is 50.4. The Hall–Kier alpha value is -1.43. The minimum absolute atomic E-state index is 0.140. The van der Waals surface area contributed by atoms with Gasteiger partial charge in [-0.2, -0.15) is 13.2 Å². The van der Waals surface area contributed by atoms with Crippen molar-refractivity contribution >= 4 is 0 Å². The number of nitrogens with one attached hydrogen (secondary N) is 1. The second kappa shape index (κ2) is 6.36. The highest BCUT2D eigenvalue weighted by molar-refractivity contribution is 5.53. The van der Waals surface area contributed by atoms with Crippen LogP contribution in [-0.4, -0.2) is 25.8 Å². The van der Waals surface area contributed by atoms with Gasteiger partial charge in [-0.05, 0) is 37.4 Å². The zero-order valence-electron chi connectivity index (χ0n) is 12.3. The van der Waals surface area contributed by atoms with Crippen molar-refractivity contribution in [3.8, 4) is 11.5 Å². The molecule has 1 aromatic carbocycles. The summed E-state index contributed by atoms with van der Waals surface area (Å²) in [6.07, 6.45) is 0.173. The molecule has 122 valence electrons. The molecular weight excluding hydrogens is 295 g/mol. The minimum atomic E-state index is -4.43. The zero-order chi connectivity index (χ0) is 15.6. The maximum atomic E-state index is 13.2. The van der Waals surface area contributed by atoms with Gasteiger partial charge in [-0.25, -0.2) is 0 Å². The van der Waals surface area contributed by atoms with Crippen molar-refractivity contribution in [3.05, 3.63) is 23.3 Å². The lowest BCUT2D eigenvalue weighted by molar-refractivity contribution is -0.139. The molecule has 1 saturated heterocycles. The Morgan fingerprint density at radius 2 is 1.82 bits per heavy atom. The molecule has 0 radical (unpaired) electrons. The standard InChI is InChI=1S/C16H20F3NO2/c17-16(18,19)13-6-5-11(10-12-4-1-2-7-20-12)14-15(13)22-9-3-8-21-14/h5-6,12,20H,1-4,7-10H2. The first-order valence-electron chi connectivity index (χ1n) is 7.78. The molecule has 1 N–H and O–H groups in total. The fourth-order valence-corrected chi connectivity index (χ4v) is 3.06. The normalized spacial score (nSPS) is 22.2. The number of alkyl halides is 3. The molecule has 0 spiro atoms. The maximum Gasteiger partial charge on any atom is 0.420 e. The summed E-state index contributed by atoms with van der Waals surface area (Å²) >= 11 is 0.